The number of esters is 1. The number of benzene rings is 2. The van der Waals surface area contributed by atoms with E-state index in [1.807, 2.05) is 62.4 Å². The molecule has 1 aliphatic heterocycles. The Bertz CT molecular complexity index is 694. The molecule has 0 aromatic heterocycles. The number of hydrogen-bond donors (Lipinski definition) is 0. The summed E-state index contributed by atoms with van der Waals surface area (Å²) in [7, 11) is 1.65. The fourth-order valence-electron chi connectivity index (χ4n) is 2.59. The molecule has 0 saturated carbocycles. The van der Waals surface area contributed by atoms with E-state index in [0.29, 0.717) is 0 Å². The molecule has 4 heteroatoms. The van der Waals surface area contributed by atoms with Crippen LogP contribution < -0.4 is 4.74 Å². The number of carbonyl (C=O) groups excluding carboxylic acids is 1. The minimum absolute atomic E-state index is 0.136. The summed E-state index contributed by atoms with van der Waals surface area (Å²) in [5, 5.41) is 0. The highest BCUT2D eigenvalue weighted by molar-refractivity contribution is 5.79. The Morgan fingerprint density at radius 2 is 1.87 bits per heavy atom. The van der Waals surface area contributed by atoms with Crippen LogP contribution in [-0.4, -0.2) is 25.3 Å². The lowest BCUT2D eigenvalue weighted by atomic mass is 10.00. The van der Waals surface area contributed by atoms with Gasteiger partial charge in [-0.25, -0.2) is 4.79 Å². The van der Waals surface area contributed by atoms with Crippen LogP contribution in [0.1, 0.15) is 25.5 Å². The van der Waals surface area contributed by atoms with Crippen molar-refractivity contribution in [3.05, 3.63) is 54.1 Å². The molecule has 0 amide bonds. The van der Waals surface area contributed by atoms with Gasteiger partial charge in [-0.3, -0.25) is 0 Å². The second kappa shape index (κ2) is 6.42. The average molecular weight is 312 g/mol. The van der Waals surface area contributed by atoms with Gasteiger partial charge in [0, 0.05) is 5.56 Å². The molecule has 0 spiro atoms. The lowest BCUT2D eigenvalue weighted by Gasteiger charge is -2.10. The smallest absolute Gasteiger partial charge is 0.338 e. The second-order valence-corrected chi connectivity index (χ2v) is 5.79. The SMILES string of the molecule is COc1ccc(C2OC2C(=O)OC(C)C)cc1-c1ccccc1. The molecule has 2 unspecified atom stereocenters. The molecule has 0 bridgehead atoms. The van der Waals surface area contributed by atoms with Gasteiger partial charge in [-0.15, -0.1) is 0 Å². The molecule has 1 heterocycles. The van der Waals surface area contributed by atoms with Crippen molar-refractivity contribution in [3.8, 4) is 16.9 Å². The van der Waals surface area contributed by atoms with Crippen molar-refractivity contribution < 1.29 is 19.0 Å². The summed E-state index contributed by atoms with van der Waals surface area (Å²) in [6.07, 6.45) is -0.882. The fourth-order valence-corrected chi connectivity index (χ4v) is 2.59. The van der Waals surface area contributed by atoms with Gasteiger partial charge in [0.05, 0.1) is 13.2 Å². The predicted octanol–water partition coefficient (Wildman–Crippen LogP) is 3.75. The van der Waals surface area contributed by atoms with Crippen LogP contribution in [-0.2, 0) is 14.3 Å². The molecule has 2 aromatic carbocycles. The summed E-state index contributed by atoms with van der Waals surface area (Å²) >= 11 is 0. The van der Waals surface area contributed by atoms with Crippen LogP contribution >= 0.6 is 0 Å². The molecule has 3 rings (SSSR count). The van der Waals surface area contributed by atoms with E-state index in [1.54, 1.807) is 7.11 Å². The molecule has 0 N–H and O–H groups in total. The van der Waals surface area contributed by atoms with Gasteiger partial charge in [0.25, 0.3) is 0 Å². The first-order valence-electron chi connectivity index (χ1n) is 7.69. The molecule has 120 valence electrons. The zero-order valence-electron chi connectivity index (χ0n) is 13.5. The van der Waals surface area contributed by atoms with Crippen LogP contribution in [0.2, 0.25) is 0 Å². The monoisotopic (exact) mass is 312 g/mol. The molecule has 0 aliphatic carbocycles. The highest BCUT2D eigenvalue weighted by Crippen LogP contribution is 2.42. The van der Waals surface area contributed by atoms with Crippen molar-refractivity contribution in [1.29, 1.82) is 0 Å². The Morgan fingerprint density at radius 3 is 2.52 bits per heavy atom. The fraction of sp³-hybridized carbons (Fsp3) is 0.316. The standard InChI is InChI=1S/C19H20O4/c1-12(2)22-19(20)18-17(23-18)14-9-10-16(21-3)15(11-14)13-7-5-4-6-8-13/h4-12,17-18H,1-3H3. The largest absolute Gasteiger partial charge is 0.496 e. The minimum atomic E-state index is -0.505. The Kier molecular flexibility index (Phi) is 4.35. The van der Waals surface area contributed by atoms with Gasteiger partial charge in [-0.2, -0.15) is 0 Å². The van der Waals surface area contributed by atoms with E-state index >= 15 is 0 Å². The van der Waals surface area contributed by atoms with Gasteiger partial charge in [-0.05, 0) is 37.1 Å². The first kappa shape index (κ1) is 15.6. The zero-order valence-corrected chi connectivity index (χ0v) is 13.5. The molecule has 1 fully saturated rings. The summed E-state index contributed by atoms with van der Waals surface area (Å²) < 4.78 is 16.2. The molecule has 1 aliphatic rings. The van der Waals surface area contributed by atoms with Crippen molar-refractivity contribution in [3.63, 3.8) is 0 Å². The molecular formula is C19H20O4. The van der Waals surface area contributed by atoms with Crippen LogP contribution in [0.15, 0.2) is 48.5 Å². The Hall–Kier alpha value is -2.33. The van der Waals surface area contributed by atoms with Crippen LogP contribution in [0.3, 0.4) is 0 Å². The summed E-state index contributed by atoms with van der Waals surface area (Å²) in [5.74, 6) is 0.490. The van der Waals surface area contributed by atoms with E-state index < -0.39 is 6.10 Å². The van der Waals surface area contributed by atoms with Crippen LogP contribution in [0.5, 0.6) is 5.75 Å². The topological polar surface area (TPSA) is 48.1 Å². The predicted molar refractivity (Wildman–Crippen MR) is 87.3 cm³/mol. The zero-order chi connectivity index (χ0) is 16.4. The van der Waals surface area contributed by atoms with Gasteiger partial charge in [0.15, 0.2) is 6.10 Å². The van der Waals surface area contributed by atoms with Crippen molar-refractivity contribution in [2.75, 3.05) is 7.11 Å². The molecule has 0 radical (unpaired) electrons. The molecule has 1 saturated heterocycles. The Balaban J connectivity index is 1.84. The summed E-state index contributed by atoms with van der Waals surface area (Å²) in [6.45, 7) is 3.66. The van der Waals surface area contributed by atoms with Crippen molar-refractivity contribution >= 4 is 5.97 Å². The first-order chi connectivity index (χ1) is 11.1. The van der Waals surface area contributed by atoms with E-state index in [1.165, 1.54) is 0 Å². The minimum Gasteiger partial charge on any atom is -0.496 e. The highest BCUT2D eigenvalue weighted by atomic mass is 16.6. The number of rotatable bonds is 5. The lowest BCUT2D eigenvalue weighted by Crippen LogP contribution is -2.17. The average Bonchev–Trinajstić information content (AvgIpc) is 3.35. The third-order valence-electron chi connectivity index (χ3n) is 3.71. The molecule has 23 heavy (non-hydrogen) atoms. The molecular weight excluding hydrogens is 292 g/mol. The number of ether oxygens (including phenoxy) is 3. The number of carbonyl (C=O) groups is 1. The third-order valence-corrected chi connectivity index (χ3v) is 3.71. The molecule has 2 aromatic rings. The quantitative estimate of drug-likeness (QED) is 0.623. The van der Waals surface area contributed by atoms with E-state index in [0.717, 1.165) is 22.4 Å². The van der Waals surface area contributed by atoms with Crippen molar-refractivity contribution in [1.82, 2.24) is 0 Å². The van der Waals surface area contributed by atoms with Crippen LogP contribution in [0.4, 0.5) is 0 Å². The maximum atomic E-state index is 11.9. The van der Waals surface area contributed by atoms with Crippen LogP contribution in [0.25, 0.3) is 11.1 Å². The molecule has 2 atom stereocenters. The Morgan fingerprint density at radius 1 is 1.13 bits per heavy atom. The number of hydrogen-bond acceptors (Lipinski definition) is 4. The van der Waals surface area contributed by atoms with Gasteiger partial charge in [0.1, 0.15) is 11.9 Å². The maximum absolute atomic E-state index is 11.9. The van der Waals surface area contributed by atoms with Gasteiger partial charge < -0.3 is 14.2 Å². The summed E-state index contributed by atoms with van der Waals surface area (Å²) in [5.41, 5.74) is 3.00. The Labute approximate surface area is 136 Å². The van der Waals surface area contributed by atoms with E-state index in [2.05, 4.69) is 0 Å². The first-order valence-corrected chi connectivity index (χ1v) is 7.69. The van der Waals surface area contributed by atoms with Crippen LogP contribution in [0, 0.1) is 0 Å². The third kappa shape index (κ3) is 3.37. The van der Waals surface area contributed by atoms with E-state index in [-0.39, 0.29) is 18.2 Å². The van der Waals surface area contributed by atoms with E-state index in [9.17, 15) is 4.79 Å². The van der Waals surface area contributed by atoms with Gasteiger partial charge in [0.2, 0.25) is 0 Å². The van der Waals surface area contributed by atoms with Gasteiger partial charge in [-0.1, -0.05) is 36.4 Å². The van der Waals surface area contributed by atoms with Gasteiger partial charge >= 0.3 is 5.97 Å². The molecule has 4 nitrogen and oxygen atoms in total. The summed E-state index contributed by atoms with van der Waals surface area (Å²) in [4.78, 5) is 11.9. The number of methoxy groups -OCH3 is 1. The van der Waals surface area contributed by atoms with E-state index in [4.69, 9.17) is 14.2 Å². The highest BCUT2D eigenvalue weighted by Gasteiger charge is 2.47. The second-order valence-electron chi connectivity index (χ2n) is 5.79. The maximum Gasteiger partial charge on any atom is 0.338 e. The lowest BCUT2D eigenvalue weighted by molar-refractivity contribution is -0.148. The normalized spacial score (nSPS) is 19.5. The summed E-state index contributed by atoms with van der Waals surface area (Å²) in [6, 6.07) is 15.8. The number of epoxide rings is 1. The van der Waals surface area contributed by atoms with Crippen molar-refractivity contribution in [2.45, 2.75) is 32.2 Å². The van der Waals surface area contributed by atoms with Crippen molar-refractivity contribution in [2.24, 2.45) is 0 Å².